The third-order valence-corrected chi connectivity index (χ3v) is 6.01. The van der Waals surface area contributed by atoms with Crippen LogP contribution in [0.2, 0.25) is 0 Å². The van der Waals surface area contributed by atoms with Crippen molar-refractivity contribution in [1.29, 1.82) is 0 Å². The molecule has 0 amide bonds. The van der Waals surface area contributed by atoms with Crippen molar-refractivity contribution in [3.63, 3.8) is 0 Å². The lowest BCUT2D eigenvalue weighted by molar-refractivity contribution is 0.212. The number of rotatable bonds is 9. The molecule has 176 valence electrons. The molecule has 0 saturated carbocycles. The monoisotopic (exact) mass is 446 g/mol. The Labute approximate surface area is 199 Å². The van der Waals surface area contributed by atoms with Gasteiger partial charge in [-0.25, -0.2) is 0 Å². The number of aryl methyl sites for hydroxylation is 1. The molecule has 0 aromatic heterocycles. The van der Waals surface area contributed by atoms with Crippen LogP contribution in [0.3, 0.4) is 0 Å². The summed E-state index contributed by atoms with van der Waals surface area (Å²) in [7, 11) is 0. The fourth-order valence-electron chi connectivity index (χ4n) is 4.23. The maximum Gasteiger partial charge on any atom is 0.123 e. The molecule has 2 aliphatic rings. The zero-order valence-corrected chi connectivity index (χ0v) is 20.1. The average molecular weight is 447 g/mol. The predicted molar refractivity (Wildman–Crippen MR) is 137 cm³/mol. The van der Waals surface area contributed by atoms with Gasteiger partial charge in [0.15, 0.2) is 0 Å². The molecule has 1 unspecified atom stereocenters. The molecule has 2 aromatic carbocycles. The van der Waals surface area contributed by atoms with Gasteiger partial charge < -0.3 is 14.6 Å². The SMILES string of the molecule is CC.OCCCc1cc2c(cc1OCc1ccccc1)CC(CCC1=CC=CC=CC1)CO2. The van der Waals surface area contributed by atoms with Gasteiger partial charge in [-0.05, 0) is 73.3 Å². The zero-order chi connectivity index (χ0) is 23.3. The highest BCUT2D eigenvalue weighted by Crippen LogP contribution is 2.36. The molecule has 33 heavy (non-hydrogen) atoms. The number of ether oxygens (including phenoxy) is 2. The molecule has 0 spiro atoms. The van der Waals surface area contributed by atoms with Crippen LogP contribution < -0.4 is 9.47 Å². The van der Waals surface area contributed by atoms with Crippen LogP contribution in [0.1, 0.15) is 56.2 Å². The van der Waals surface area contributed by atoms with Crippen LogP contribution in [0.25, 0.3) is 0 Å². The molecule has 0 fully saturated rings. The van der Waals surface area contributed by atoms with E-state index in [0.717, 1.165) is 67.8 Å². The minimum Gasteiger partial charge on any atom is -0.493 e. The van der Waals surface area contributed by atoms with Crippen molar-refractivity contribution in [3.8, 4) is 11.5 Å². The van der Waals surface area contributed by atoms with E-state index in [9.17, 15) is 5.11 Å². The fourth-order valence-corrected chi connectivity index (χ4v) is 4.23. The van der Waals surface area contributed by atoms with Gasteiger partial charge in [-0.1, -0.05) is 80.1 Å². The Morgan fingerprint density at radius 1 is 1.03 bits per heavy atom. The Morgan fingerprint density at radius 3 is 2.70 bits per heavy atom. The number of hydrogen-bond acceptors (Lipinski definition) is 3. The van der Waals surface area contributed by atoms with E-state index in [-0.39, 0.29) is 6.61 Å². The molecule has 1 N–H and O–H groups in total. The summed E-state index contributed by atoms with van der Waals surface area (Å²) in [6.45, 7) is 5.50. The molecule has 1 heterocycles. The van der Waals surface area contributed by atoms with Crippen LogP contribution in [0.15, 0.2) is 78.4 Å². The Kier molecular flexibility index (Phi) is 10.3. The Bertz CT molecular complexity index is 941. The molecule has 1 aliphatic heterocycles. The number of benzene rings is 2. The van der Waals surface area contributed by atoms with Crippen molar-refractivity contribution >= 4 is 0 Å². The van der Waals surface area contributed by atoms with Gasteiger partial charge in [0.25, 0.3) is 0 Å². The van der Waals surface area contributed by atoms with Crippen LogP contribution in [0, 0.1) is 5.92 Å². The van der Waals surface area contributed by atoms with Gasteiger partial charge in [-0.2, -0.15) is 0 Å². The lowest BCUT2D eigenvalue weighted by Crippen LogP contribution is -2.21. The summed E-state index contributed by atoms with van der Waals surface area (Å²) in [4.78, 5) is 0. The molecule has 1 aliphatic carbocycles. The predicted octanol–water partition coefficient (Wildman–Crippen LogP) is 6.99. The first-order chi connectivity index (χ1) is 16.3. The van der Waals surface area contributed by atoms with Crippen molar-refractivity contribution in [2.24, 2.45) is 5.92 Å². The van der Waals surface area contributed by atoms with E-state index in [2.05, 4.69) is 54.6 Å². The third-order valence-electron chi connectivity index (χ3n) is 6.01. The number of aliphatic hydroxyl groups is 1. The largest absolute Gasteiger partial charge is 0.493 e. The van der Waals surface area contributed by atoms with Crippen molar-refractivity contribution < 1.29 is 14.6 Å². The summed E-state index contributed by atoms with van der Waals surface area (Å²) in [5.74, 6) is 2.42. The van der Waals surface area contributed by atoms with Crippen LogP contribution in [0.5, 0.6) is 11.5 Å². The minimum atomic E-state index is 0.179. The van der Waals surface area contributed by atoms with Crippen molar-refractivity contribution in [1.82, 2.24) is 0 Å². The second kappa shape index (κ2) is 13.7. The van der Waals surface area contributed by atoms with Crippen molar-refractivity contribution in [2.75, 3.05) is 13.2 Å². The van der Waals surface area contributed by atoms with Crippen LogP contribution in [-0.2, 0) is 19.4 Å². The standard InChI is InChI=1S/C28H32O3.C2H6/c29-16-8-13-25-18-28-26(19-27(25)30-20-23-11-6-3-7-12-23)17-24(21-31-28)15-14-22-9-4-1-2-5-10-22;1-2/h1-7,9,11-12,18-19,24,29H,8,10,13-17,20-21H2;1-2H3. The van der Waals surface area contributed by atoms with E-state index in [1.54, 1.807) is 0 Å². The van der Waals surface area contributed by atoms with Crippen LogP contribution in [0.4, 0.5) is 0 Å². The first kappa shape index (κ1) is 24.9. The second-order valence-corrected chi connectivity index (χ2v) is 8.43. The molecule has 2 aromatic rings. The lowest BCUT2D eigenvalue weighted by Gasteiger charge is -2.27. The van der Waals surface area contributed by atoms with Crippen molar-refractivity contribution in [2.45, 2.75) is 59.0 Å². The van der Waals surface area contributed by atoms with Gasteiger partial charge >= 0.3 is 0 Å². The minimum absolute atomic E-state index is 0.179. The van der Waals surface area contributed by atoms with E-state index in [1.807, 2.05) is 32.0 Å². The fraction of sp³-hybridized carbons (Fsp3) is 0.400. The number of hydrogen-bond donors (Lipinski definition) is 1. The number of allylic oxidation sites excluding steroid dienone is 6. The Hall–Kier alpha value is -2.78. The van der Waals surface area contributed by atoms with E-state index < -0.39 is 0 Å². The van der Waals surface area contributed by atoms with Gasteiger partial charge in [0.05, 0.1) is 6.61 Å². The number of aliphatic hydroxyl groups excluding tert-OH is 1. The molecule has 4 rings (SSSR count). The van der Waals surface area contributed by atoms with Gasteiger partial charge in [-0.3, -0.25) is 0 Å². The van der Waals surface area contributed by atoms with Crippen LogP contribution >= 0.6 is 0 Å². The molecule has 3 nitrogen and oxygen atoms in total. The maximum atomic E-state index is 9.30. The number of fused-ring (bicyclic) bond motifs is 1. The van der Waals surface area contributed by atoms with Gasteiger partial charge in [-0.15, -0.1) is 0 Å². The van der Waals surface area contributed by atoms with Crippen molar-refractivity contribution in [3.05, 3.63) is 95.1 Å². The van der Waals surface area contributed by atoms with E-state index >= 15 is 0 Å². The summed E-state index contributed by atoms with van der Waals surface area (Å²) in [5, 5.41) is 9.30. The van der Waals surface area contributed by atoms with Gasteiger partial charge in [0, 0.05) is 6.61 Å². The zero-order valence-electron chi connectivity index (χ0n) is 20.1. The Balaban J connectivity index is 0.00000149. The molecule has 0 saturated heterocycles. The van der Waals surface area contributed by atoms with Gasteiger partial charge in [0.1, 0.15) is 18.1 Å². The first-order valence-electron chi connectivity index (χ1n) is 12.4. The molecular formula is C30H38O3. The second-order valence-electron chi connectivity index (χ2n) is 8.43. The highest BCUT2D eigenvalue weighted by molar-refractivity contribution is 5.48. The lowest BCUT2D eigenvalue weighted by atomic mass is 9.89. The maximum absolute atomic E-state index is 9.30. The quantitative estimate of drug-likeness (QED) is 0.451. The molecule has 0 bridgehead atoms. The molecule has 0 radical (unpaired) electrons. The van der Waals surface area contributed by atoms with Gasteiger partial charge in [0.2, 0.25) is 0 Å². The molecule has 3 heteroatoms. The topological polar surface area (TPSA) is 38.7 Å². The third kappa shape index (κ3) is 7.64. The Morgan fingerprint density at radius 2 is 1.88 bits per heavy atom. The van der Waals surface area contributed by atoms with E-state index in [1.165, 1.54) is 11.1 Å². The molecular weight excluding hydrogens is 408 g/mol. The average Bonchev–Trinajstić information content (AvgIpc) is 3.15. The molecule has 1 atom stereocenters. The summed E-state index contributed by atoms with van der Waals surface area (Å²) in [6, 6.07) is 14.6. The first-order valence-corrected chi connectivity index (χ1v) is 12.4. The smallest absolute Gasteiger partial charge is 0.123 e. The highest BCUT2D eigenvalue weighted by atomic mass is 16.5. The summed E-state index contributed by atoms with van der Waals surface area (Å²) >= 11 is 0. The highest BCUT2D eigenvalue weighted by Gasteiger charge is 2.22. The normalized spacial score (nSPS) is 16.6. The van der Waals surface area contributed by atoms with E-state index in [4.69, 9.17) is 9.47 Å². The summed E-state index contributed by atoms with van der Waals surface area (Å²) in [5.41, 5.74) is 5.00. The van der Waals surface area contributed by atoms with Crippen LogP contribution in [-0.4, -0.2) is 18.3 Å². The summed E-state index contributed by atoms with van der Waals surface area (Å²) < 4.78 is 12.4. The van der Waals surface area contributed by atoms with E-state index in [0.29, 0.717) is 12.5 Å². The summed E-state index contributed by atoms with van der Waals surface area (Å²) in [6.07, 6.45) is 16.7.